The second-order valence-electron chi connectivity index (χ2n) is 3.22. The number of allylic oxidation sites excluding steroid dienone is 1. The van der Waals surface area contributed by atoms with Crippen LogP contribution in [-0.2, 0) is 6.42 Å². The van der Waals surface area contributed by atoms with E-state index in [1.807, 2.05) is 0 Å². The maximum absolute atomic E-state index is 3.38. The molecule has 1 nitrogen and oxygen atoms in total. The van der Waals surface area contributed by atoms with Crippen molar-refractivity contribution in [1.29, 1.82) is 0 Å². The third-order valence-corrected chi connectivity index (χ3v) is 2.18. The summed E-state index contributed by atoms with van der Waals surface area (Å²) in [5.74, 6) is 0. The third kappa shape index (κ3) is 1.35. The molecule has 0 radical (unpaired) electrons. The molecule has 0 spiro atoms. The normalized spacial score (nSPS) is 14.8. The van der Waals surface area contributed by atoms with Gasteiger partial charge in [0.25, 0.3) is 0 Å². The molecule has 0 amide bonds. The summed E-state index contributed by atoms with van der Waals surface area (Å²) in [6, 6.07) is 6.58. The summed E-state index contributed by atoms with van der Waals surface area (Å²) in [6.07, 6.45) is 5.45. The Morgan fingerprint density at radius 1 is 1.25 bits per heavy atom. The largest absolute Gasteiger partial charge is 0.381 e. The van der Waals surface area contributed by atoms with Crippen LogP contribution in [0.15, 0.2) is 30.4 Å². The van der Waals surface area contributed by atoms with Crippen LogP contribution >= 0.6 is 0 Å². The lowest BCUT2D eigenvalue weighted by atomic mass is 10.1. The van der Waals surface area contributed by atoms with Crippen LogP contribution in [0.4, 0.5) is 5.69 Å². The molecule has 0 saturated carbocycles. The molecule has 0 unspecified atom stereocenters. The molecule has 0 saturated heterocycles. The van der Waals surface area contributed by atoms with Crippen molar-refractivity contribution in [2.45, 2.75) is 13.3 Å². The Bertz CT molecular complexity index is 313. The van der Waals surface area contributed by atoms with Crippen LogP contribution in [0.2, 0.25) is 0 Å². The van der Waals surface area contributed by atoms with E-state index in [1.54, 1.807) is 0 Å². The predicted octanol–water partition coefficient (Wildman–Crippen LogP) is 2.52. The molecule has 0 aromatic heterocycles. The van der Waals surface area contributed by atoms with Gasteiger partial charge in [0.15, 0.2) is 0 Å². The molecule has 2 rings (SSSR count). The number of benzene rings is 1. The molecule has 1 aliphatic heterocycles. The number of fused-ring (bicyclic) bond motifs is 1. The van der Waals surface area contributed by atoms with Gasteiger partial charge in [-0.15, -0.1) is 0 Å². The van der Waals surface area contributed by atoms with Gasteiger partial charge in [0.1, 0.15) is 0 Å². The zero-order valence-corrected chi connectivity index (χ0v) is 7.30. The van der Waals surface area contributed by atoms with Crippen LogP contribution in [0.1, 0.15) is 11.1 Å². The van der Waals surface area contributed by atoms with Gasteiger partial charge in [0.2, 0.25) is 0 Å². The second kappa shape index (κ2) is 3.02. The highest BCUT2D eigenvalue weighted by atomic mass is 14.9. The molecule has 1 heteroatoms. The summed E-state index contributed by atoms with van der Waals surface area (Å²) in [5.41, 5.74) is 4.01. The highest BCUT2D eigenvalue weighted by molar-refractivity contribution is 5.55. The standard InChI is InChI=1S/C11H13N/c1-9-5-6-10-4-2-3-7-12-11(10)8-9/h2-3,5-6,8,12H,4,7H2,1H3. The van der Waals surface area contributed by atoms with Crippen molar-refractivity contribution in [3.63, 3.8) is 0 Å². The van der Waals surface area contributed by atoms with E-state index in [-0.39, 0.29) is 0 Å². The number of hydrogen-bond donors (Lipinski definition) is 1. The topological polar surface area (TPSA) is 12.0 Å². The molecule has 1 N–H and O–H groups in total. The molecule has 12 heavy (non-hydrogen) atoms. The minimum atomic E-state index is 0.955. The fourth-order valence-corrected chi connectivity index (χ4v) is 1.50. The molecule has 0 aliphatic carbocycles. The third-order valence-electron chi connectivity index (χ3n) is 2.18. The summed E-state index contributed by atoms with van der Waals surface area (Å²) in [5, 5.41) is 3.38. The van der Waals surface area contributed by atoms with Crippen molar-refractivity contribution in [2.24, 2.45) is 0 Å². The highest BCUT2D eigenvalue weighted by Crippen LogP contribution is 2.19. The quantitative estimate of drug-likeness (QED) is 0.573. The Morgan fingerprint density at radius 3 is 3.08 bits per heavy atom. The smallest absolute Gasteiger partial charge is 0.0381 e. The number of aryl methyl sites for hydroxylation is 1. The van der Waals surface area contributed by atoms with Crippen molar-refractivity contribution >= 4 is 5.69 Å². The molecular formula is C11H13N. The van der Waals surface area contributed by atoms with E-state index >= 15 is 0 Å². The van der Waals surface area contributed by atoms with Crippen LogP contribution in [-0.4, -0.2) is 6.54 Å². The van der Waals surface area contributed by atoms with Crippen LogP contribution in [0, 0.1) is 6.92 Å². The molecule has 1 aromatic carbocycles. The van der Waals surface area contributed by atoms with E-state index in [4.69, 9.17) is 0 Å². The Labute approximate surface area is 73.1 Å². The average Bonchev–Trinajstić information content (AvgIpc) is 2.28. The Balaban J connectivity index is 2.42. The van der Waals surface area contributed by atoms with Gasteiger partial charge in [-0.05, 0) is 30.5 Å². The number of hydrogen-bond acceptors (Lipinski definition) is 1. The monoisotopic (exact) mass is 159 g/mol. The molecule has 1 aromatic rings. The van der Waals surface area contributed by atoms with Gasteiger partial charge in [0, 0.05) is 12.2 Å². The number of nitrogens with one attached hydrogen (secondary N) is 1. The SMILES string of the molecule is Cc1ccc2c(c1)NCC=CC2. The van der Waals surface area contributed by atoms with Gasteiger partial charge in [0.05, 0.1) is 0 Å². The molecule has 62 valence electrons. The Morgan fingerprint density at radius 2 is 2.17 bits per heavy atom. The molecule has 0 fully saturated rings. The zero-order valence-electron chi connectivity index (χ0n) is 7.30. The molecule has 1 heterocycles. The maximum atomic E-state index is 3.38. The summed E-state index contributed by atoms with van der Waals surface area (Å²) in [6.45, 7) is 3.08. The van der Waals surface area contributed by atoms with Gasteiger partial charge in [-0.1, -0.05) is 24.3 Å². The molecular weight excluding hydrogens is 146 g/mol. The fraction of sp³-hybridized carbons (Fsp3) is 0.273. The first-order chi connectivity index (χ1) is 5.86. The van der Waals surface area contributed by atoms with Crippen molar-refractivity contribution in [1.82, 2.24) is 0 Å². The van der Waals surface area contributed by atoms with E-state index < -0.39 is 0 Å². The first-order valence-electron chi connectivity index (χ1n) is 4.34. The predicted molar refractivity (Wildman–Crippen MR) is 52.5 cm³/mol. The van der Waals surface area contributed by atoms with Crippen LogP contribution < -0.4 is 5.32 Å². The first kappa shape index (κ1) is 7.41. The number of anilines is 1. The van der Waals surface area contributed by atoms with Crippen molar-refractivity contribution in [2.75, 3.05) is 11.9 Å². The Kier molecular flexibility index (Phi) is 1.86. The van der Waals surface area contributed by atoms with Gasteiger partial charge in [-0.2, -0.15) is 0 Å². The molecule has 1 aliphatic rings. The van der Waals surface area contributed by atoms with E-state index in [1.165, 1.54) is 16.8 Å². The minimum absolute atomic E-state index is 0.955. The van der Waals surface area contributed by atoms with Crippen molar-refractivity contribution in [3.8, 4) is 0 Å². The van der Waals surface area contributed by atoms with E-state index in [2.05, 4.69) is 42.6 Å². The van der Waals surface area contributed by atoms with Gasteiger partial charge < -0.3 is 5.32 Å². The summed E-state index contributed by atoms with van der Waals surface area (Å²) in [4.78, 5) is 0. The Hall–Kier alpha value is -1.24. The maximum Gasteiger partial charge on any atom is 0.0381 e. The highest BCUT2D eigenvalue weighted by Gasteiger charge is 2.02. The summed E-state index contributed by atoms with van der Waals surface area (Å²) >= 11 is 0. The first-order valence-corrected chi connectivity index (χ1v) is 4.34. The van der Waals surface area contributed by atoms with Crippen LogP contribution in [0.5, 0.6) is 0 Å². The lowest BCUT2D eigenvalue weighted by Gasteiger charge is -2.07. The fourth-order valence-electron chi connectivity index (χ4n) is 1.50. The van der Waals surface area contributed by atoms with E-state index in [0.29, 0.717) is 0 Å². The lowest BCUT2D eigenvalue weighted by molar-refractivity contribution is 1.26. The van der Waals surface area contributed by atoms with E-state index in [9.17, 15) is 0 Å². The van der Waals surface area contributed by atoms with Gasteiger partial charge in [-0.3, -0.25) is 0 Å². The van der Waals surface area contributed by atoms with Crippen molar-refractivity contribution < 1.29 is 0 Å². The molecule has 0 atom stereocenters. The number of rotatable bonds is 0. The second-order valence-corrected chi connectivity index (χ2v) is 3.22. The summed E-state index contributed by atoms with van der Waals surface area (Å²) in [7, 11) is 0. The summed E-state index contributed by atoms with van der Waals surface area (Å²) < 4.78 is 0. The minimum Gasteiger partial charge on any atom is -0.381 e. The molecule has 0 bridgehead atoms. The average molecular weight is 159 g/mol. The van der Waals surface area contributed by atoms with Crippen LogP contribution in [0.3, 0.4) is 0 Å². The lowest BCUT2D eigenvalue weighted by Crippen LogP contribution is -1.98. The van der Waals surface area contributed by atoms with E-state index in [0.717, 1.165) is 13.0 Å². The zero-order chi connectivity index (χ0) is 8.39. The van der Waals surface area contributed by atoms with Gasteiger partial charge >= 0.3 is 0 Å². The van der Waals surface area contributed by atoms with Gasteiger partial charge in [-0.25, -0.2) is 0 Å². The van der Waals surface area contributed by atoms with Crippen molar-refractivity contribution in [3.05, 3.63) is 41.5 Å². The van der Waals surface area contributed by atoms with Crippen LogP contribution in [0.25, 0.3) is 0 Å².